The number of ether oxygens (including phenoxy) is 2. The Balaban J connectivity index is 2.17. The number of halogens is 1. The first-order chi connectivity index (χ1) is 9.65. The molecule has 0 radical (unpaired) electrons. The number of hydrogen-bond donors (Lipinski definition) is 2. The molecule has 0 atom stereocenters. The summed E-state index contributed by atoms with van der Waals surface area (Å²) in [6.45, 7) is 2.36. The molecule has 1 amide bonds. The van der Waals surface area contributed by atoms with Crippen LogP contribution in [0.2, 0.25) is 5.02 Å². The van der Waals surface area contributed by atoms with Gasteiger partial charge in [0.05, 0.1) is 18.8 Å². The molecule has 1 aromatic rings. The van der Waals surface area contributed by atoms with Crippen LogP contribution in [0.25, 0.3) is 0 Å². The summed E-state index contributed by atoms with van der Waals surface area (Å²) >= 11 is 5.70. The molecule has 20 heavy (non-hydrogen) atoms. The van der Waals surface area contributed by atoms with Crippen molar-refractivity contribution in [2.45, 2.75) is 12.8 Å². The van der Waals surface area contributed by atoms with E-state index in [0.29, 0.717) is 31.4 Å². The summed E-state index contributed by atoms with van der Waals surface area (Å²) in [5.41, 5.74) is 0.228. The Morgan fingerprint density at radius 3 is 2.80 bits per heavy atom. The smallest absolute Gasteiger partial charge is 0.255 e. The third-order valence-corrected chi connectivity index (χ3v) is 2.87. The maximum atomic E-state index is 11.8. The summed E-state index contributed by atoms with van der Waals surface area (Å²) in [6, 6.07) is 4.42. The standard InChI is InChI=1S/C14H20ClNO4/c1-19-8-9-20-7-3-2-6-16-14(18)12-5-4-11(15)10-13(12)17/h4-5,10,17H,2-3,6-9H2,1H3,(H,16,18). The number of unbranched alkanes of at least 4 members (excludes halogenated alkanes) is 1. The number of rotatable bonds is 9. The molecule has 6 heteroatoms. The molecule has 2 N–H and O–H groups in total. The Morgan fingerprint density at radius 1 is 1.30 bits per heavy atom. The number of benzene rings is 1. The fraction of sp³-hybridized carbons (Fsp3) is 0.500. The number of phenols is 1. The van der Waals surface area contributed by atoms with Gasteiger partial charge in [0.1, 0.15) is 5.75 Å². The van der Waals surface area contributed by atoms with Gasteiger partial charge in [-0.25, -0.2) is 0 Å². The van der Waals surface area contributed by atoms with E-state index < -0.39 is 0 Å². The Labute approximate surface area is 123 Å². The fourth-order valence-electron chi connectivity index (χ4n) is 1.57. The summed E-state index contributed by atoms with van der Waals surface area (Å²) < 4.78 is 10.2. The van der Waals surface area contributed by atoms with Gasteiger partial charge in [-0.15, -0.1) is 0 Å². The van der Waals surface area contributed by atoms with Crippen molar-refractivity contribution in [1.82, 2.24) is 5.32 Å². The first-order valence-corrected chi connectivity index (χ1v) is 6.86. The summed E-state index contributed by atoms with van der Waals surface area (Å²) in [7, 11) is 1.63. The molecule has 0 aromatic heterocycles. The predicted molar refractivity (Wildman–Crippen MR) is 77.4 cm³/mol. The number of phenolic OH excluding ortho intramolecular Hbond substituents is 1. The van der Waals surface area contributed by atoms with Crippen molar-refractivity contribution in [2.75, 3.05) is 33.5 Å². The molecule has 0 aliphatic rings. The molecule has 112 valence electrons. The molecule has 0 saturated carbocycles. The highest BCUT2D eigenvalue weighted by Crippen LogP contribution is 2.21. The molecule has 5 nitrogen and oxygen atoms in total. The molecule has 0 spiro atoms. The van der Waals surface area contributed by atoms with Crippen molar-refractivity contribution in [3.63, 3.8) is 0 Å². The first-order valence-electron chi connectivity index (χ1n) is 6.48. The Morgan fingerprint density at radius 2 is 2.10 bits per heavy atom. The number of methoxy groups -OCH3 is 1. The highest BCUT2D eigenvalue weighted by molar-refractivity contribution is 6.30. The first kappa shape index (κ1) is 16.8. The predicted octanol–water partition coefficient (Wildman–Crippen LogP) is 2.22. The van der Waals surface area contributed by atoms with Crippen LogP contribution in [0.15, 0.2) is 18.2 Å². The fourth-order valence-corrected chi connectivity index (χ4v) is 1.73. The third kappa shape index (κ3) is 6.23. The van der Waals surface area contributed by atoms with Crippen LogP contribution in [-0.4, -0.2) is 44.5 Å². The molecule has 0 aliphatic carbocycles. The van der Waals surface area contributed by atoms with Gasteiger partial charge < -0.3 is 19.9 Å². The summed E-state index contributed by atoms with van der Waals surface area (Å²) in [5, 5.41) is 12.7. The molecule has 0 aliphatic heterocycles. The maximum absolute atomic E-state index is 11.8. The van der Waals surface area contributed by atoms with Crippen molar-refractivity contribution in [2.24, 2.45) is 0 Å². The summed E-state index contributed by atoms with van der Waals surface area (Å²) in [4.78, 5) is 11.8. The molecule has 0 fully saturated rings. The van der Waals surface area contributed by atoms with Crippen molar-refractivity contribution < 1.29 is 19.4 Å². The van der Waals surface area contributed by atoms with E-state index in [4.69, 9.17) is 21.1 Å². The second-order valence-corrected chi connectivity index (χ2v) is 4.67. The van der Waals surface area contributed by atoms with Gasteiger partial charge in [0.15, 0.2) is 0 Å². The van der Waals surface area contributed by atoms with Crippen LogP contribution >= 0.6 is 11.6 Å². The molecule has 1 rings (SSSR count). The van der Waals surface area contributed by atoms with Crippen molar-refractivity contribution in [1.29, 1.82) is 0 Å². The van der Waals surface area contributed by atoms with Crippen molar-refractivity contribution >= 4 is 17.5 Å². The maximum Gasteiger partial charge on any atom is 0.255 e. The Bertz CT molecular complexity index is 426. The summed E-state index contributed by atoms with van der Waals surface area (Å²) in [5.74, 6) is -0.419. The number of carbonyl (C=O) groups is 1. The lowest BCUT2D eigenvalue weighted by Gasteiger charge is -2.07. The second-order valence-electron chi connectivity index (χ2n) is 4.23. The molecule has 0 unspecified atom stereocenters. The minimum Gasteiger partial charge on any atom is -0.507 e. The second kappa shape index (κ2) is 9.58. The molecule has 0 saturated heterocycles. The van der Waals surface area contributed by atoms with Gasteiger partial charge >= 0.3 is 0 Å². The summed E-state index contributed by atoms with van der Waals surface area (Å²) in [6.07, 6.45) is 1.67. The van der Waals surface area contributed by atoms with Gasteiger partial charge in [0.25, 0.3) is 5.91 Å². The minimum absolute atomic E-state index is 0.113. The van der Waals surface area contributed by atoms with Gasteiger partial charge in [0.2, 0.25) is 0 Å². The van der Waals surface area contributed by atoms with Crippen LogP contribution in [0.4, 0.5) is 0 Å². The zero-order valence-corrected chi connectivity index (χ0v) is 12.3. The molecule has 0 heterocycles. The number of hydrogen-bond acceptors (Lipinski definition) is 4. The topological polar surface area (TPSA) is 67.8 Å². The van der Waals surface area contributed by atoms with Gasteiger partial charge in [0, 0.05) is 25.3 Å². The SMILES string of the molecule is COCCOCCCCNC(=O)c1ccc(Cl)cc1O. The van der Waals surface area contributed by atoms with E-state index in [-0.39, 0.29) is 17.2 Å². The average Bonchev–Trinajstić information content (AvgIpc) is 2.41. The van der Waals surface area contributed by atoms with Gasteiger partial charge in [-0.05, 0) is 31.0 Å². The molecule has 1 aromatic carbocycles. The number of aromatic hydroxyl groups is 1. The van der Waals surface area contributed by atoms with Gasteiger partial charge in [-0.3, -0.25) is 4.79 Å². The van der Waals surface area contributed by atoms with Gasteiger partial charge in [-0.2, -0.15) is 0 Å². The van der Waals surface area contributed by atoms with E-state index >= 15 is 0 Å². The lowest BCUT2D eigenvalue weighted by atomic mass is 10.2. The normalized spacial score (nSPS) is 10.5. The molecular weight excluding hydrogens is 282 g/mol. The zero-order valence-electron chi connectivity index (χ0n) is 11.5. The van der Waals surface area contributed by atoms with Crippen LogP contribution in [0.1, 0.15) is 23.2 Å². The van der Waals surface area contributed by atoms with Gasteiger partial charge in [-0.1, -0.05) is 11.6 Å². The lowest BCUT2D eigenvalue weighted by molar-refractivity contribution is 0.0686. The van der Waals surface area contributed by atoms with Crippen LogP contribution in [0.5, 0.6) is 5.75 Å². The van der Waals surface area contributed by atoms with Crippen LogP contribution in [0, 0.1) is 0 Å². The van der Waals surface area contributed by atoms with Crippen molar-refractivity contribution in [3.05, 3.63) is 28.8 Å². The van der Waals surface area contributed by atoms with E-state index in [9.17, 15) is 9.90 Å². The largest absolute Gasteiger partial charge is 0.507 e. The lowest BCUT2D eigenvalue weighted by Crippen LogP contribution is -2.24. The van der Waals surface area contributed by atoms with Crippen LogP contribution in [-0.2, 0) is 9.47 Å². The quantitative estimate of drug-likeness (QED) is 0.686. The monoisotopic (exact) mass is 301 g/mol. The van der Waals surface area contributed by atoms with Crippen molar-refractivity contribution in [3.8, 4) is 5.75 Å². The molecular formula is C14H20ClNO4. The van der Waals surface area contributed by atoms with E-state index in [1.54, 1.807) is 13.2 Å². The van der Waals surface area contributed by atoms with E-state index in [1.165, 1.54) is 12.1 Å². The highest BCUT2D eigenvalue weighted by atomic mass is 35.5. The van der Waals surface area contributed by atoms with E-state index in [2.05, 4.69) is 5.32 Å². The number of carbonyl (C=O) groups excluding carboxylic acids is 1. The Hall–Kier alpha value is -1.30. The van der Waals surface area contributed by atoms with E-state index in [1.807, 2.05) is 0 Å². The number of nitrogens with one attached hydrogen (secondary N) is 1. The minimum atomic E-state index is -0.306. The molecule has 0 bridgehead atoms. The van der Waals surface area contributed by atoms with E-state index in [0.717, 1.165) is 12.8 Å². The van der Waals surface area contributed by atoms with Crippen LogP contribution < -0.4 is 5.32 Å². The van der Waals surface area contributed by atoms with Crippen LogP contribution in [0.3, 0.4) is 0 Å². The Kier molecular flexibility index (Phi) is 8.02. The zero-order chi connectivity index (χ0) is 14.8. The third-order valence-electron chi connectivity index (χ3n) is 2.64. The highest BCUT2D eigenvalue weighted by Gasteiger charge is 2.10. The number of amides is 1. The average molecular weight is 302 g/mol.